The van der Waals surface area contributed by atoms with E-state index in [1.165, 1.54) is 5.56 Å². The lowest BCUT2D eigenvalue weighted by Gasteiger charge is -2.08. The van der Waals surface area contributed by atoms with Crippen LogP contribution in [0.2, 0.25) is 0 Å². The zero-order valence-corrected chi connectivity index (χ0v) is 14.6. The van der Waals surface area contributed by atoms with Crippen LogP contribution in [-0.2, 0) is 0 Å². The summed E-state index contributed by atoms with van der Waals surface area (Å²) in [4.78, 5) is 23.9. The number of nitrogens with one attached hydrogen (secondary N) is 2. The third-order valence-electron chi connectivity index (χ3n) is 4.31. The van der Waals surface area contributed by atoms with E-state index < -0.39 is 0 Å². The number of benzene rings is 2. The lowest BCUT2D eigenvalue weighted by molar-refractivity contribution is 1.20. The van der Waals surface area contributed by atoms with Gasteiger partial charge < -0.3 is 10.3 Å². The molecule has 0 saturated heterocycles. The zero-order valence-electron chi connectivity index (χ0n) is 14.6. The first-order valence-electron chi connectivity index (χ1n) is 8.39. The molecule has 4 aromatic rings. The van der Waals surface area contributed by atoms with Crippen molar-refractivity contribution in [1.29, 1.82) is 0 Å². The average molecular weight is 342 g/mol. The second-order valence-electron chi connectivity index (χ2n) is 6.33. The summed E-state index contributed by atoms with van der Waals surface area (Å²) in [7, 11) is 0. The second-order valence-corrected chi connectivity index (χ2v) is 6.33. The van der Waals surface area contributed by atoms with E-state index in [4.69, 9.17) is 0 Å². The molecular formula is C21H18N4O. The fourth-order valence-corrected chi connectivity index (χ4v) is 3.04. The molecule has 26 heavy (non-hydrogen) atoms. The van der Waals surface area contributed by atoms with E-state index in [2.05, 4.69) is 20.3 Å². The average Bonchev–Trinajstić information content (AvgIpc) is 2.62. The largest absolute Gasteiger partial charge is 0.329 e. The highest BCUT2D eigenvalue weighted by molar-refractivity contribution is 5.85. The van der Waals surface area contributed by atoms with Crippen molar-refractivity contribution >= 4 is 22.5 Å². The number of pyridine rings is 1. The first-order chi connectivity index (χ1) is 12.6. The third kappa shape index (κ3) is 3.07. The number of aryl methyl sites for hydroxylation is 2. The van der Waals surface area contributed by atoms with E-state index in [1.54, 1.807) is 12.4 Å². The highest BCUT2D eigenvalue weighted by atomic mass is 16.1. The minimum absolute atomic E-state index is 0.0944. The molecule has 0 unspecified atom stereocenters. The SMILES string of the molecule is Cc1cccc(Nc2ncc3cc(-c4c(C)cc[nH]c4=O)ccc3n2)c1. The van der Waals surface area contributed by atoms with Gasteiger partial charge in [-0.05, 0) is 60.9 Å². The van der Waals surface area contributed by atoms with Crippen molar-refractivity contribution in [3.8, 4) is 11.1 Å². The minimum Gasteiger partial charge on any atom is -0.329 e. The summed E-state index contributed by atoms with van der Waals surface area (Å²) in [5.74, 6) is 0.546. The van der Waals surface area contributed by atoms with Gasteiger partial charge in [0, 0.05) is 29.0 Å². The van der Waals surface area contributed by atoms with Gasteiger partial charge in [0.05, 0.1) is 5.52 Å². The molecule has 5 nitrogen and oxygen atoms in total. The van der Waals surface area contributed by atoms with Crippen molar-refractivity contribution in [3.05, 3.63) is 82.4 Å². The molecule has 0 atom stereocenters. The van der Waals surface area contributed by atoms with E-state index in [0.717, 1.165) is 27.7 Å². The van der Waals surface area contributed by atoms with Crippen LogP contribution in [0, 0.1) is 13.8 Å². The number of hydrogen-bond donors (Lipinski definition) is 2. The molecule has 5 heteroatoms. The van der Waals surface area contributed by atoms with Crippen LogP contribution in [0.15, 0.2) is 65.7 Å². The molecule has 2 aromatic carbocycles. The zero-order chi connectivity index (χ0) is 18.1. The van der Waals surface area contributed by atoms with Crippen LogP contribution in [0.25, 0.3) is 22.0 Å². The van der Waals surface area contributed by atoms with Crippen LogP contribution in [-0.4, -0.2) is 15.0 Å². The number of aromatic nitrogens is 3. The summed E-state index contributed by atoms with van der Waals surface area (Å²) in [6.07, 6.45) is 3.44. The Bertz CT molecular complexity index is 1160. The number of nitrogens with zero attached hydrogens (tertiary/aromatic N) is 2. The molecule has 0 bridgehead atoms. The maximum atomic E-state index is 12.2. The molecule has 4 rings (SSSR count). The highest BCUT2D eigenvalue weighted by Crippen LogP contribution is 2.24. The maximum Gasteiger partial charge on any atom is 0.256 e. The van der Waals surface area contributed by atoms with Crippen LogP contribution in [0.5, 0.6) is 0 Å². The normalized spacial score (nSPS) is 10.8. The van der Waals surface area contributed by atoms with Gasteiger partial charge in [0.1, 0.15) is 0 Å². The fourth-order valence-electron chi connectivity index (χ4n) is 3.04. The summed E-state index contributed by atoms with van der Waals surface area (Å²) in [6.45, 7) is 3.97. The Hall–Kier alpha value is -3.47. The number of anilines is 2. The smallest absolute Gasteiger partial charge is 0.256 e. The van der Waals surface area contributed by atoms with Gasteiger partial charge in [-0.3, -0.25) is 4.79 Å². The van der Waals surface area contributed by atoms with Crippen molar-refractivity contribution in [2.45, 2.75) is 13.8 Å². The van der Waals surface area contributed by atoms with Gasteiger partial charge in [0.2, 0.25) is 5.95 Å². The Labute approximate surface area is 150 Å². The van der Waals surface area contributed by atoms with Crippen LogP contribution < -0.4 is 10.9 Å². The van der Waals surface area contributed by atoms with Crippen LogP contribution in [0.4, 0.5) is 11.6 Å². The first kappa shape index (κ1) is 16.0. The summed E-state index contributed by atoms with van der Waals surface area (Å²) in [5, 5.41) is 4.11. The van der Waals surface area contributed by atoms with Gasteiger partial charge in [-0.15, -0.1) is 0 Å². The number of H-pyrrole nitrogens is 1. The van der Waals surface area contributed by atoms with Crippen LogP contribution in [0.1, 0.15) is 11.1 Å². The summed E-state index contributed by atoms with van der Waals surface area (Å²) < 4.78 is 0. The van der Waals surface area contributed by atoms with Gasteiger partial charge >= 0.3 is 0 Å². The number of rotatable bonds is 3. The van der Waals surface area contributed by atoms with E-state index >= 15 is 0 Å². The van der Waals surface area contributed by atoms with Gasteiger partial charge in [-0.1, -0.05) is 18.2 Å². The Balaban J connectivity index is 1.72. The van der Waals surface area contributed by atoms with E-state index in [1.807, 2.05) is 62.4 Å². The molecule has 0 aliphatic heterocycles. The lowest BCUT2D eigenvalue weighted by atomic mass is 10.0. The number of fused-ring (bicyclic) bond motifs is 1. The van der Waals surface area contributed by atoms with E-state index in [-0.39, 0.29) is 5.56 Å². The van der Waals surface area contributed by atoms with Gasteiger partial charge in [0.25, 0.3) is 5.56 Å². The molecule has 0 spiro atoms. The lowest BCUT2D eigenvalue weighted by Crippen LogP contribution is -2.09. The van der Waals surface area contributed by atoms with E-state index in [9.17, 15) is 4.79 Å². The molecule has 2 heterocycles. The summed E-state index contributed by atoms with van der Waals surface area (Å²) >= 11 is 0. The number of aromatic amines is 1. The minimum atomic E-state index is -0.0944. The molecule has 0 fully saturated rings. The molecule has 128 valence electrons. The standard InChI is InChI=1S/C21H18N4O/c1-13-4-3-5-17(10-13)24-21-23-12-16-11-15(6-7-18(16)25-21)19-14(2)8-9-22-20(19)26/h3-12H,1-2H3,(H,22,26)(H,23,24,25). The molecule has 0 aliphatic carbocycles. The monoisotopic (exact) mass is 342 g/mol. The van der Waals surface area contributed by atoms with Crippen LogP contribution >= 0.6 is 0 Å². The van der Waals surface area contributed by atoms with Gasteiger partial charge in [-0.25, -0.2) is 9.97 Å². The molecule has 0 amide bonds. The highest BCUT2D eigenvalue weighted by Gasteiger charge is 2.08. The first-order valence-corrected chi connectivity index (χ1v) is 8.39. The molecule has 2 N–H and O–H groups in total. The predicted molar refractivity (Wildman–Crippen MR) is 105 cm³/mol. The van der Waals surface area contributed by atoms with E-state index in [0.29, 0.717) is 11.5 Å². The number of hydrogen-bond acceptors (Lipinski definition) is 4. The third-order valence-corrected chi connectivity index (χ3v) is 4.31. The van der Waals surface area contributed by atoms with Crippen molar-refractivity contribution in [2.24, 2.45) is 0 Å². The van der Waals surface area contributed by atoms with Crippen molar-refractivity contribution in [3.63, 3.8) is 0 Å². The Morgan fingerprint density at radius 1 is 1.04 bits per heavy atom. The summed E-state index contributed by atoms with van der Waals surface area (Å²) in [5.41, 5.74) is 5.33. The van der Waals surface area contributed by atoms with Gasteiger partial charge in [-0.2, -0.15) is 0 Å². The molecular weight excluding hydrogens is 324 g/mol. The quantitative estimate of drug-likeness (QED) is 0.581. The molecule has 0 saturated carbocycles. The Morgan fingerprint density at radius 2 is 1.92 bits per heavy atom. The van der Waals surface area contributed by atoms with Crippen molar-refractivity contribution in [1.82, 2.24) is 15.0 Å². The van der Waals surface area contributed by atoms with Gasteiger partial charge in [0.15, 0.2) is 0 Å². The second kappa shape index (κ2) is 6.44. The Kier molecular flexibility index (Phi) is 3.97. The van der Waals surface area contributed by atoms with Crippen LogP contribution in [0.3, 0.4) is 0 Å². The van der Waals surface area contributed by atoms with Crippen molar-refractivity contribution < 1.29 is 0 Å². The summed E-state index contributed by atoms with van der Waals surface area (Å²) in [6, 6.07) is 15.7. The maximum absolute atomic E-state index is 12.2. The predicted octanol–water partition coefficient (Wildman–Crippen LogP) is 4.35. The molecule has 0 radical (unpaired) electrons. The van der Waals surface area contributed by atoms with Crippen molar-refractivity contribution in [2.75, 3.05) is 5.32 Å². The molecule has 0 aliphatic rings. The fraction of sp³-hybridized carbons (Fsp3) is 0.0952. The topological polar surface area (TPSA) is 70.7 Å². The Morgan fingerprint density at radius 3 is 2.73 bits per heavy atom. The molecule has 2 aromatic heterocycles.